The largest absolute Gasteiger partial charge is 0.444 e. The lowest BCUT2D eigenvalue weighted by atomic mass is 9.97. The molecule has 7 nitrogen and oxygen atoms in total. The molecule has 1 N–H and O–H groups in total. The fourth-order valence-electron chi connectivity index (χ4n) is 2.47. The highest BCUT2D eigenvalue weighted by Gasteiger charge is 2.30. The van der Waals surface area contributed by atoms with E-state index in [0.717, 1.165) is 12.8 Å². The lowest BCUT2D eigenvalue weighted by molar-refractivity contribution is -0.126. The lowest BCUT2D eigenvalue weighted by Crippen LogP contribution is -2.47. The van der Waals surface area contributed by atoms with Crippen molar-refractivity contribution in [1.82, 2.24) is 20.2 Å². The number of aromatic nitrogens is 2. The molecule has 2 rings (SSSR count). The SMILES string of the molecule is CC(C)(C)OC(=O)N1CCC[C@H](C(=O)NCc2nccnc2Cl)C1.S. The normalized spacial score (nSPS) is 17.4. The molecule has 0 radical (unpaired) electrons. The van der Waals surface area contributed by atoms with E-state index in [0.29, 0.717) is 18.8 Å². The summed E-state index contributed by atoms with van der Waals surface area (Å²) in [5.41, 5.74) is -0.0259. The van der Waals surface area contributed by atoms with Crippen LogP contribution in [-0.4, -0.2) is 45.6 Å². The second-order valence-electron chi connectivity index (χ2n) is 6.78. The van der Waals surface area contributed by atoms with Gasteiger partial charge >= 0.3 is 6.09 Å². The van der Waals surface area contributed by atoms with Gasteiger partial charge in [-0.15, -0.1) is 0 Å². The number of hydrogen-bond acceptors (Lipinski definition) is 5. The third-order valence-corrected chi connectivity index (χ3v) is 3.91. The molecule has 0 spiro atoms. The number of carbonyl (C=O) groups is 2. The number of amides is 2. The molecule has 1 saturated heterocycles. The van der Waals surface area contributed by atoms with Crippen LogP contribution in [0.15, 0.2) is 12.4 Å². The number of nitrogens with zero attached hydrogens (tertiary/aromatic N) is 3. The van der Waals surface area contributed by atoms with Crippen LogP contribution < -0.4 is 5.32 Å². The van der Waals surface area contributed by atoms with E-state index in [1.807, 2.05) is 20.8 Å². The van der Waals surface area contributed by atoms with Gasteiger partial charge < -0.3 is 15.0 Å². The average Bonchev–Trinajstić information content (AvgIpc) is 2.52. The second-order valence-corrected chi connectivity index (χ2v) is 7.14. The summed E-state index contributed by atoms with van der Waals surface area (Å²) < 4.78 is 5.37. The Hall–Kier alpha value is -1.54. The Bertz CT molecular complexity index is 609. The molecule has 1 aromatic rings. The summed E-state index contributed by atoms with van der Waals surface area (Å²) in [6, 6.07) is 0. The fourth-order valence-corrected chi connectivity index (χ4v) is 2.64. The molecule has 1 aromatic heterocycles. The minimum Gasteiger partial charge on any atom is -0.444 e. The monoisotopic (exact) mass is 388 g/mol. The van der Waals surface area contributed by atoms with Crippen LogP contribution in [-0.2, 0) is 16.1 Å². The number of hydrogen-bond donors (Lipinski definition) is 1. The molecule has 0 unspecified atom stereocenters. The van der Waals surface area contributed by atoms with Gasteiger partial charge in [-0.05, 0) is 33.6 Å². The summed E-state index contributed by atoms with van der Waals surface area (Å²) in [6.45, 7) is 6.65. The van der Waals surface area contributed by atoms with E-state index in [1.165, 1.54) is 12.4 Å². The first kappa shape index (κ1) is 21.5. The first-order valence-electron chi connectivity index (χ1n) is 7.97. The molecule has 1 aliphatic rings. The Morgan fingerprint density at radius 1 is 1.36 bits per heavy atom. The summed E-state index contributed by atoms with van der Waals surface area (Å²) >= 11 is 5.93. The zero-order valence-electron chi connectivity index (χ0n) is 14.7. The molecular weight excluding hydrogens is 364 g/mol. The summed E-state index contributed by atoms with van der Waals surface area (Å²) in [5, 5.41) is 3.09. The van der Waals surface area contributed by atoms with Crippen molar-refractivity contribution < 1.29 is 14.3 Å². The minimum absolute atomic E-state index is 0. The van der Waals surface area contributed by atoms with Crippen LogP contribution in [0.1, 0.15) is 39.3 Å². The van der Waals surface area contributed by atoms with Crippen molar-refractivity contribution in [2.45, 2.75) is 45.8 Å². The van der Waals surface area contributed by atoms with Crippen LogP contribution in [0, 0.1) is 5.92 Å². The number of halogens is 1. The van der Waals surface area contributed by atoms with E-state index in [4.69, 9.17) is 16.3 Å². The third kappa shape index (κ3) is 6.70. The van der Waals surface area contributed by atoms with Crippen molar-refractivity contribution in [3.63, 3.8) is 0 Å². The zero-order chi connectivity index (χ0) is 17.7. The van der Waals surface area contributed by atoms with Crippen LogP contribution in [0.5, 0.6) is 0 Å². The van der Waals surface area contributed by atoms with E-state index in [9.17, 15) is 9.59 Å². The number of likely N-dealkylation sites (tertiary alicyclic amines) is 1. The van der Waals surface area contributed by atoms with Gasteiger partial charge in [0, 0.05) is 25.5 Å². The summed E-state index contributed by atoms with van der Waals surface area (Å²) in [6.07, 6.45) is 4.14. The Kier molecular flexibility index (Phi) is 7.95. The number of carbonyl (C=O) groups excluding carboxylic acids is 2. The second kappa shape index (κ2) is 9.24. The van der Waals surface area contributed by atoms with Crippen molar-refractivity contribution in [3.05, 3.63) is 23.2 Å². The van der Waals surface area contributed by atoms with Gasteiger partial charge in [0.2, 0.25) is 5.91 Å². The number of nitrogens with one attached hydrogen (secondary N) is 1. The van der Waals surface area contributed by atoms with Crippen LogP contribution >= 0.6 is 25.1 Å². The first-order valence-corrected chi connectivity index (χ1v) is 8.35. The minimum atomic E-state index is -0.547. The molecule has 0 aliphatic carbocycles. The van der Waals surface area contributed by atoms with Crippen molar-refractivity contribution >= 4 is 37.1 Å². The van der Waals surface area contributed by atoms with Crippen LogP contribution in [0.4, 0.5) is 4.79 Å². The Morgan fingerprint density at radius 2 is 2.04 bits per heavy atom. The van der Waals surface area contributed by atoms with Crippen molar-refractivity contribution in [3.8, 4) is 0 Å². The average molecular weight is 389 g/mol. The smallest absolute Gasteiger partial charge is 0.410 e. The highest BCUT2D eigenvalue weighted by atomic mass is 35.5. The summed E-state index contributed by atoms with van der Waals surface area (Å²) in [7, 11) is 0. The number of piperidine rings is 1. The molecule has 2 amide bonds. The van der Waals surface area contributed by atoms with Crippen LogP contribution in [0.25, 0.3) is 0 Å². The molecule has 0 saturated carbocycles. The van der Waals surface area contributed by atoms with Gasteiger partial charge in [0.25, 0.3) is 0 Å². The maximum Gasteiger partial charge on any atom is 0.410 e. The number of rotatable bonds is 3. The van der Waals surface area contributed by atoms with Gasteiger partial charge in [-0.3, -0.25) is 9.78 Å². The molecule has 9 heteroatoms. The molecule has 1 atom stereocenters. The van der Waals surface area contributed by atoms with Crippen LogP contribution in [0.2, 0.25) is 5.15 Å². The maximum atomic E-state index is 12.4. The van der Waals surface area contributed by atoms with Gasteiger partial charge in [-0.2, -0.15) is 13.5 Å². The van der Waals surface area contributed by atoms with Gasteiger partial charge in [0.15, 0.2) is 5.15 Å². The van der Waals surface area contributed by atoms with Gasteiger partial charge in [0.05, 0.1) is 18.2 Å². The predicted octanol–water partition coefficient (Wildman–Crippen LogP) is 2.51. The van der Waals surface area contributed by atoms with E-state index in [-0.39, 0.29) is 43.1 Å². The maximum absolute atomic E-state index is 12.4. The van der Waals surface area contributed by atoms with Crippen molar-refractivity contribution in [2.75, 3.05) is 13.1 Å². The Morgan fingerprint density at radius 3 is 2.68 bits per heavy atom. The highest BCUT2D eigenvalue weighted by Crippen LogP contribution is 2.20. The molecule has 1 fully saturated rings. The van der Waals surface area contributed by atoms with E-state index < -0.39 is 5.60 Å². The summed E-state index contributed by atoms with van der Waals surface area (Å²) in [4.78, 5) is 34.1. The molecule has 140 valence electrons. The van der Waals surface area contributed by atoms with Gasteiger partial charge in [-0.25, -0.2) is 9.78 Å². The summed E-state index contributed by atoms with van der Waals surface area (Å²) in [5.74, 6) is -0.383. The molecular formula is C16H25ClN4O3S. The zero-order valence-corrected chi connectivity index (χ0v) is 16.5. The first-order chi connectivity index (χ1) is 11.3. The lowest BCUT2D eigenvalue weighted by Gasteiger charge is -2.33. The standard InChI is InChI=1S/C16H23ClN4O3.H2S/c1-16(2,3)24-15(23)21-8-4-5-11(10-21)14(22)20-9-12-13(17)19-7-6-18-12;/h6-7,11H,4-5,8-10H2,1-3H3,(H,20,22);1H2/t11-;/m0./s1. The van der Waals surface area contributed by atoms with Crippen LogP contribution in [0.3, 0.4) is 0 Å². The van der Waals surface area contributed by atoms with E-state index in [1.54, 1.807) is 4.90 Å². The molecule has 0 bridgehead atoms. The predicted molar refractivity (Wildman–Crippen MR) is 99.8 cm³/mol. The van der Waals surface area contributed by atoms with Gasteiger partial charge in [0.1, 0.15) is 5.60 Å². The Labute approximate surface area is 159 Å². The van der Waals surface area contributed by atoms with Crippen molar-refractivity contribution in [2.24, 2.45) is 5.92 Å². The van der Waals surface area contributed by atoms with Gasteiger partial charge in [-0.1, -0.05) is 11.6 Å². The highest BCUT2D eigenvalue weighted by molar-refractivity contribution is 7.59. The molecule has 1 aliphatic heterocycles. The molecule has 0 aromatic carbocycles. The Balaban J connectivity index is 0.00000312. The van der Waals surface area contributed by atoms with Crippen molar-refractivity contribution in [1.29, 1.82) is 0 Å². The fraction of sp³-hybridized carbons (Fsp3) is 0.625. The quantitative estimate of drug-likeness (QED) is 0.859. The molecule has 2 heterocycles. The topological polar surface area (TPSA) is 84.4 Å². The number of ether oxygens (including phenoxy) is 1. The van der Waals surface area contributed by atoms with E-state index >= 15 is 0 Å². The third-order valence-electron chi connectivity index (χ3n) is 3.60. The molecule has 25 heavy (non-hydrogen) atoms. The van der Waals surface area contributed by atoms with E-state index in [2.05, 4.69) is 15.3 Å².